The molecule has 0 amide bonds. The maximum Gasteiger partial charge on any atom is 0.133 e. The average Bonchev–Trinajstić information content (AvgIpc) is 2.46. The maximum absolute atomic E-state index is 13.4. The Hall–Kier alpha value is -0.250. The molecule has 2 aromatic rings. The second-order valence-corrected chi connectivity index (χ2v) is 5.17. The van der Waals surface area contributed by atoms with E-state index in [0.29, 0.717) is 9.72 Å². The summed E-state index contributed by atoms with van der Waals surface area (Å²) in [4.78, 5) is 0.934. The summed E-state index contributed by atoms with van der Waals surface area (Å²) in [5, 5.41) is 0.618. The minimum absolute atomic E-state index is 0.190. The number of thioether (sulfide) groups is 1. The van der Waals surface area contributed by atoms with Gasteiger partial charge >= 0.3 is 0 Å². The molecule has 0 saturated heterocycles. The average molecular weight is 233 g/mol. The highest BCUT2D eigenvalue weighted by Gasteiger charge is 2.06. The summed E-state index contributed by atoms with van der Waals surface area (Å²) in [7, 11) is 0. The fourth-order valence-corrected chi connectivity index (χ4v) is 2.89. The van der Waals surface area contributed by atoms with Gasteiger partial charge in [0, 0.05) is 15.0 Å². The first-order valence-electron chi connectivity index (χ1n) is 3.63. The molecule has 0 atom stereocenters. The Labute approximate surface area is 88.7 Å². The van der Waals surface area contributed by atoms with Crippen molar-refractivity contribution in [3.63, 3.8) is 0 Å². The van der Waals surface area contributed by atoms with Gasteiger partial charge in [0.15, 0.2) is 0 Å². The molecule has 0 spiro atoms. The number of hydrogen-bond donors (Lipinski definition) is 0. The molecule has 0 N–H and O–H groups in total. The SMILES string of the molecule is CSc1cc(F)c2cc(Cl)sc2c1. The monoisotopic (exact) mass is 232 g/mol. The molecule has 13 heavy (non-hydrogen) atoms. The first kappa shape index (κ1) is 9.31. The molecule has 0 aliphatic heterocycles. The molecule has 0 nitrogen and oxygen atoms in total. The van der Waals surface area contributed by atoms with E-state index >= 15 is 0 Å². The van der Waals surface area contributed by atoms with Crippen molar-refractivity contribution >= 4 is 44.8 Å². The standard InChI is InChI=1S/C9H6ClFS2/c1-12-5-2-7(11)6-4-9(10)13-8(6)3-5/h2-4H,1H3. The summed E-state index contributed by atoms with van der Waals surface area (Å²) in [6, 6.07) is 5.16. The van der Waals surface area contributed by atoms with Crippen molar-refractivity contribution in [1.82, 2.24) is 0 Å². The summed E-state index contributed by atoms with van der Waals surface area (Å²) in [6.07, 6.45) is 1.93. The molecule has 68 valence electrons. The molecule has 0 bridgehead atoms. The van der Waals surface area contributed by atoms with Crippen molar-refractivity contribution < 1.29 is 4.39 Å². The van der Waals surface area contributed by atoms with Gasteiger partial charge in [-0.25, -0.2) is 4.39 Å². The Morgan fingerprint density at radius 3 is 2.85 bits per heavy atom. The van der Waals surface area contributed by atoms with Gasteiger partial charge in [-0.1, -0.05) is 11.6 Å². The van der Waals surface area contributed by atoms with Gasteiger partial charge in [0.2, 0.25) is 0 Å². The van der Waals surface area contributed by atoms with Gasteiger partial charge in [-0.2, -0.15) is 0 Å². The van der Waals surface area contributed by atoms with Crippen LogP contribution in [0.1, 0.15) is 0 Å². The van der Waals surface area contributed by atoms with Gasteiger partial charge < -0.3 is 0 Å². The minimum Gasteiger partial charge on any atom is -0.206 e. The number of benzene rings is 1. The molecule has 0 saturated carbocycles. The number of halogens is 2. The molecule has 0 radical (unpaired) electrons. The van der Waals surface area contributed by atoms with E-state index in [9.17, 15) is 4.39 Å². The Bertz CT molecular complexity index is 450. The van der Waals surface area contributed by atoms with Crippen molar-refractivity contribution in [1.29, 1.82) is 0 Å². The second-order valence-electron chi connectivity index (χ2n) is 2.57. The van der Waals surface area contributed by atoms with E-state index in [0.717, 1.165) is 9.60 Å². The Balaban J connectivity index is 2.75. The van der Waals surface area contributed by atoms with E-state index in [1.807, 2.05) is 12.3 Å². The highest BCUT2D eigenvalue weighted by atomic mass is 35.5. The topological polar surface area (TPSA) is 0 Å². The molecule has 0 unspecified atom stereocenters. The zero-order valence-corrected chi connectivity index (χ0v) is 9.19. The van der Waals surface area contributed by atoms with Crippen LogP contribution in [0.2, 0.25) is 4.34 Å². The van der Waals surface area contributed by atoms with E-state index in [2.05, 4.69) is 0 Å². The number of fused-ring (bicyclic) bond motifs is 1. The third-order valence-corrected chi connectivity index (χ3v) is 3.68. The van der Waals surface area contributed by atoms with Crippen molar-refractivity contribution in [2.24, 2.45) is 0 Å². The smallest absolute Gasteiger partial charge is 0.133 e. The van der Waals surface area contributed by atoms with Crippen LogP contribution in [0, 0.1) is 5.82 Å². The summed E-state index contributed by atoms with van der Waals surface area (Å²) in [5.41, 5.74) is 0. The molecule has 0 aliphatic carbocycles. The normalized spacial score (nSPS) is 11.0. The number of hydrogen-bond acceptors (Lipinski definition) is 2. The van der Waals surface area contributed by atoms with Gasteiger partial charge in [0.1, 0.15) is 5.82 Å². The molecular formula is C9H6ClFS2. The summed E-state index contributed by atoms with van der Waals surface area (Å²) < 4.78 is 14.9. The van der Waals surface area contributed by atoms with Crippen LogP contribution < -0.4 is 0 Å². The predicted molar refractivity (Wildman–Crippen MR) is 58.6 cm³/mol. The Morgan fingerprint density at radius 2 is 2.15 bits per heavy atom. The number of thiophene rings is 1. The highest BCUT2D eigenvalue weighted by molar-refractivity contribution is 7.98. The summed E-state index contributed by atoms with van der Waals surface area (Å²) in [6.45, 7) is 0. The van der Waals surface area contributed by atoms with Crippen LogP contribution >= 0.6 is 34.7 Å². The van der Waals surface area contributed by atoms with Gasteiger partial charge in [-0.05, 0) is 24.5 Å². The lowest BCUT2D eigenvalue weighted by Crippen LogP contribution is -1.76. The van der Waals surface area contributed by atoms with Crippen molar-refractivity contribution in [2.45, 2.75) is 4.90 Å². The first-order valence-corrected chi connectivity index (χ1v) is 6.05. The maximum atomic E-state index is 13.4. The summed E-state index contributed by atoms with van der Waals surface area (Å²) in [5.74, 6) is -0.190. The van der Waals surface area contributed by atoms with Crippen LogP contribution in [-0.2, 0) is 0 Å². The molecule has 4 heteroatoms. The van der Waals surface area contributed by atoms with E-state index in [-0.39, 0.29) is 5.82 Å². The fourth-order valence-electron chi connectivity index (χ4n) is 1.16. The minimum atomic E-state index is -0.190. The highest BCUT2D eigenvalue weighted by Crippen LogP contribution is 2.33. The second kappa shape index (κ2) is 3.48. The molecular weight excluding hydrogens is 227 g/mol. The zero-order chi connectivity index (χ0) is 9.42. The Kier molecular flexibility index (Phi) is 2.49. The van der Waals surface area contributed by atoms with Crippen LogP contribution in [0.25, 0.3) is 10.1 Å². The Morgan fingerprint density at radius 1 is 1.38 bits per heavy atom. The van der Waals surface area contributed by atoms with Crippen LogP contribution in [0.4, 0.5) is 4.39 Å². The molecule has 0 aliphatic rings. The number of rotatable bonds is 1. The first-order chi connectivity index (χ1) is 6.20. The van der Waals surface area contributed by atoms with E-state index < -0.39 is 0 Å². The third-order valence-electron chi connectivity index (χ3n) is 1.77. The van der Waals surface area contributed by atoms with Crippen molar-refractivity contribution in [2.75, 3.05) is 6.26 Å². The molecule has 2 rings (SSSR count). The summed E-state index contributed by atoms with van der Waals surface area (Å²) >= 11 is 8.73. The largest absolute Gasteiger partial charge is 0.206 e. The molecule has 0 fully saturated rings. The zero-order valence-electron chi connectivity index (χ0n) is 6.80. The van der Waals surface area contributed by atoms with E-state index in [1.54, 1.807) is 6.07 Å². The van der Waals surface area contributed by atoms with Gasteiger partial charge in [0.25, 0.3) is 0 Å². The van der Waals surface area contributed by atoms with E-state index in [1.165, 1.54) is 29.2 Å². The van der Waals surface area contributed by atoms with Gasteiger partial charge in [0.05, 0.1) is 4.34 Å². The third kappa shape index (κ3) is 1.68. The lowest BCUT2D eigenvalue weighted by Gasteiger charge is -1.97. The lowest BCUT2D eigenvalue weighted by molar-refractivity contribution is 0.637. The van der Waals surface area contributed by atoms with Crippen molar-refractivity contribution in [3.05, 3.63) is 28.4 Å². The van der Waals surface area contributed by atoms with E-state index in [4.69, 9.17) is 11.6 Å². The molecule has 1 aromatic heterocycles. The van der Waals surface area contributed by atoms with Crippen LogP contribution in [-0.4, -0.2) is 6.26 Å². The predicted octanol–water partition coefficient (Wildman–Crippen LogP) is 4.42. The van der Waals surface area contributed by atoms with Crippen LogP contribution in [0.5, 0.6) is 0 Å². The molecule has 1 aromatic carbocycles. The fraction of sp³-hybridized carbons (Fsp3) is 0.111. The quantitative estimate of drug-likeness (QED) is 0.656. The van der Waals surface area contributed by atoms with Crippen molar-refractivity contribution in [3.8, 4) is 0 Å². The lowest BCUT2D eigenvalue weighted by atomic mass is 10.2. The van der Waals surface area contributed by atoms with Gasteiger partial charge in [-0.15, -0.1) is 23.1 Å². The van der Waals surface area contributed by atoms with Gasteiger partial charge in [-0.3, -0.25) is 0 Å². The van der Waals surface area contributed by atoms with Crippen LogP contribution in [0.3, 0.4) is 0 Å². The van der Waals surface area contributed by atoms with Crippen LogP contribution in [0.15, 0.2) is 23.1 Å². The molecule has 1 heterocycles.